The van der Waals surface area contributed by atoms with Gasteiger partial charge >= 0.3 is 0 Å². The molecule has 0 radical (unpaired) electrons. The van der Waals surface area contributed by atoms with Crippen molar-refractivity contribution in [2.45, 2.75) is 19.5 Å². The molecule has 0 atom stereocenters. The highest BCUT2D eigenvalue weighted by Crippen LogP contribution is 2.32. The van der Waals surface area contributed by atoms with Gasteiger partial charge in [-0.25, -0.2) is 4.99 Å². The molecule has 3 aromatic rings. The van der Waals surface area contributed by atoms with Gasteiger partial charge in [0, 0.05) is 30.4 Å². The molecular weight excluding hydrogens is 380 g/mol. The van der Waals surface area contributed by atoms with Crippen LogP contribution < -0.4 is 26.1 Å². The molecular formula is C23H24N4O3. The molecule has 30 heavy (non-hydrogen) atoms. The molecule has 154 valence electrons. The molecule has 2 aromatic carbocycles. The van der Waals surface area contributed by atoms with Gasteiger partial charge in [0.2, 0.25) is 0 Å². The minimum atomic E-state index is -0.0141. The lowest BCUT2D eigenvalue weighted by molar-refractivity contribution is 0.297. The maximum absolute atomic E-state index is 11.8. The fraction of sp³-hybridized carbons (Fsp3) is 0.217. The largest absolute Gasteiger partial charge is 0.490 e. The minimum absolute atomic E-state index is 0.0141. The van der Waals surface area contributed by atoms with E-state index in [2.05, 4.69) is 10.3 Å². The zero-order chi connectivity index (χ0) is 20.8. The molecule has 0 amide bonds. The predicted octanol–water partition coefficient (Wildman–Crippen LogP) is 2.98. The summed E-state index contributed by atoms with van der Waals surface area (Å²) in [5, 5.41) is 3.09. The number of nitrogens with zero attached hydrogens (tertiary/aromatic N) is 2. The Kier molecular flexibility index (Phi) is 5.98. The number of benzene rings is 2. The maximum Gasteiger partial charge on any atom is 0.250 e. The number of ether oxygens (including phenoxy) is 2. The van der Waals surface area contributed by atoms with Crippen LogP contribution in [0.4, 0.5) is 5.69 Å². The number of hydrogen-bond acceptors (Lipinski definition) is 4. The van der Waals surface area contributed by atoms with Crippen molar-refractivity contribution in [1.82, 2.24) is 4.57 Å². The van der Waals surface area contributed by atoms with Crippen LogP contribution in [0.3, 0.4) is 0 Å². The van der Waals surface area contributed by atoms with E-state index in [1.807, 2.05) is 48.5 Å². The van der Waals surface area contributed by atoms with Gasteiger partial charge in [0.25, 0.3) is 5.56 Å². The molecule has 4 rings (SSSR count). The second-order valence-corrected chi connectivity index (χ2v) is 7.02. The summed E-state index contributed by atoms with van der Waals surface area (Å²) < 4.78 is 13.0. The van der Waals surface area contributed by atoms with Crippen LogP contribution in [-0.4, -0.2) is 23.7 Å². The number of rotatable bonds is 5. The van der Waals surface area contributed by atoms with E-state index in [9.17, 15) is 4.79 Å². The molecule has 1 aromatic heterocycles. The highest BCUT2D eigenvalue weighted by atomic mass is 16.5. The summed E-state index contributed by atoms with van der Waals surface area (Å²) in [7, 11) is 0. The summed E-state index contributed by atoms with van der Waals surface area (Å²) in [6.07, 6.45) is 2.65. The van der Waals surface area contributed by atoms with Crippen LogP contribution >= 0.6 is 0 Å². The number of pyridine rings is 1. The highest BCUT2D eigenvalue weighted by Gasteiger charge is 2.10. The van der Waals surface area contributed by atoms with Crippen molar-refractivity contribution in [1.29, 1.82) is 0 Å². The third-order valence-corrected chi connectivity index (χ3v) is 4.73. The van der Waals surface area contributed by atoms with Crippen molar-refractivity contribution in [3.05, 3.63) is 88.3 Å². The molecule has 1 aliphatic rings. The SMILES string of the molecule is NC(=NCc1ccc(Cn2ccccc2=O)cc1)Nc1ccc2c(c1)OCCCO2. The van der Waals surface area contributed by atoms with Crippen LogP contribution in [0.25, 0.3) is 0 Å². The van der Waals surface area contributed by atoms with E-state index in [1.54, 1.807) is 22.9 Å². The van der Waals surface area contributed by atoms with Crippen LogP contribution in [0.2, 0.25) is 0 Å². The van der Waals surface area contributed by atoms with Crippen LogP contribution in [0.5, 0.6) is 11.5 Å². The van der Waals surface area contributed by atoms with Crippen molar-refractivity contribution in [3.8, 4) is 11.5 Å². The Morgan fingerprint density at radius 2 is 1.77 bits per heavy atom. The predicted molar refractivity (Wildman–Crippen MR) is 117 cm³/mol. The molecule has 0 spiro atoms. The number of guanidine groups is 1. The monoisotopic (exact) mass is 404 g/mol. The molecule has 7 nitrogen and oxygen atoms in total. The standard InChI is InChI=1S/C23H24N4O3/c24-23(26-19-9-10-20-21(14-19)30-13-3-12-29-20)25-15-17-5-7-18(8-6-17)16-27-11-2-1-4-22(27)28/h1-2,4-11,14H,3,12-13,15-16H2,(H3,24,25,26). The lowest BCUT2D eigenvalue weighted by Crippen LogP contribution is -2.22. The molecule has 0 aliphatic carbocycles. The lowest BCUT2D eigenvalue weighted by Gasteiger charge is -2.11. The van der Waals surface area contributed by atoms with Gasteiger partial charge in [0.15, 0.2) is 17.5 Å². The number of anilines is 1. The van der Waals surface area contributed by atoms with Gasteiger partial charge in [0.05, 0.1) is 26.3 Å². The first-order chi connectivity index (χ1) is 14.7. The molecule has 3 N–H and O–H groups in total. The van der Waals surface area contributed by atoms with Gasteiger partial charge in [0.1, 0.15) is 0 Å². The van der Waals surface area contributed by atoms with Crippen molar-refractivity contribution < 1.29 is 9.47 Å². The van der Waals surface area contributed by atoms with E-state index in [-0.39, 0.29) is 5.56 Å². The quantitative estimate of drug-likeness (QED) is 0.504. The first-order valence-corrected chi connectivity index (χ1v) is 9.87. The third kappa shape index (κ3) is 5.00. The van der Waals surface area contributed by atoms with E-state index in [4.69, 9.17) is 15.2 Å². The van der Waals surface area contributed by atoms with Crippen molar-refractivity contribution >= 4 is 11.6 Å². The molecule has 2 heterocycles. The number of fused-ring (bicyclic) bond motifs is 1. The van der Waals surface area contributed by atoms with E-state index < -0.39 is 0 Å². The summed E-state index contributed by atoms with van der Waals surface area (Å²) in [6, 6.07) is 18.7. The molecule has 0 saturated carbocycles. The topological polar surface area (TPSA) is 90.9 Å². The Morgan fingerprint density at radius 3 is 2.57 bits per heavy atom. The molecule has 7 heteroatoms. The van der Waals surface area contributed by atoms with E-state index >= 15 is 0 Å². The van der Waals surface area contributed by atoms with Crippen molar-refractivity contribution in [2.75, 3.05) is 18.5 Å². The summed E-state index contributed by atoms with van der Waals surface area (Å²) in [5.41, 5.74) is 8.90. The fourth-order valence-electron chi connectivity index (χ4n) is 3.14. The first-order valence-electron chi connectivity index (χ1n) is 9.87. The summed E-state index contributed by atoms with van der Waals surface area (Å²) in [5.74, 6) is 1.77. The molecule has 0 bridgehead atoms. The maximum atomic E-state index is 11.8. The Morgan fingerprint density at radius 1 is 1.00 bits per heavy atom. The average molecular weight is 404 g/mol. The van der Waals surface area contributed by atoms with Gasteiger partial charge in [-0.1, -0.05) is 30.3 Å². The lowest BCUT2D eigenvalue weighted by atomic mass is 10.1. The van der Waals surface area contributed by atoms with E-state index in [1.165, 1.54) is 0 Å². The fourth-order valence-corrected chi connectivity index (χ4v) is 3.14. The highest BCUT2D eigenvalue weighted by molar-refractivity contribution is 5.92. The number of aliphatic imine (C=N–C) groups is 1. The number of nitrogens with two attached hydrogens (primary N) is 1. The molecule has 0 unspecified atom stereocenters. The zero-order valence-corrected chi connectivity index (χ0v) is 16.6. The normalized spacial score (nSPS) is 13.5. The van der Waals surface area contributed by atoms with Crippen molar-refractivity contribution in [3.63, 3.8) is 0 Å². The smallest absolute Gasteiger partial charge is 0.250 e. The first kappa shape index (κ1) is 19.6. The Hall–Kier alpha value is -3.74. The Bertz CT molecular complexity index is 1090. The van der Waals surface area contributed by atoms with E-state index in [0.29, 0.717) is 38.0 Å². The van der Waals surface area contributed by atoms with Crippen LogP contribution in [0, 0.1) is 0 Å². The van der Waals surface area contributed by atoms with Gasteiger partial charge in [-0.15, -0.1) is 0 Å². The van der Waals surface area contributed by atoms with Crippen LogP contribution in [0.1, 0.15) is 17.5 Å². The Balaban J connectivity index is 1.36. The van der Waals surface area contributed by atoms with Gasteiger partial charge in [-0.2, -0.15) is 0 Å². The summed E-state index contributed by atoms with van der Waals surface area (Å²) >= 11 is 0. The molecule has 1 aliphatic heterocycles. The molecule has 0 saturated heterocycles. The van der Waals surface area contributed by atoms with Gasteiger partial charge in [-0.3, -0.25) is 4.79 Å². The van der Waals surface area contributed by atoms with E-state index in [0.717, 1.165) is 29.0 Å². The average Bonchev–Trinajstić information content (AvgIpc) is 3.00. The molecule has 0 fully saturated rings. The number of aromatic nitrogens is 1. The second-order valence-electron chi connectivity index (χ2n) is 7.02. The number of nitrogens with one attached hydrogen (secondary N) is 1. The Labute approximate surface area is 174 Å². The zero-order valence-electron chi connectivity index (χ0n) is 16.6. The van der Waals surface area contributed by atoms with Crippen LogP contribution in [0.15, 0.2) is 76.6 Å². The third-order valence-electron chi connectivity index (χ3n) is 4.73. The summed E-state index contributed by atoms with van der Waals surface area (Å²) in [6.45, 7) is 2.28. The van der Waals surface area contributed by atoms with Gasteiger partial charge in [-0.05, 0) is 29.3 Å². The minimum Gasteiger partial charge on any atom is -0.490 e. The van der Waals surface area contributed by atoms with Crippen molar-refractivity contribution in [2.24, 2.45) is 10.7 Å². The number of hydrogen-bond donors (Lipinski definition) is 2. The van der Waals surface area contributed by atoms with Gasteiger partial charge < -0.3 is 25.1 Å². The second kappa shape index (κ2) is 9.17. The summed E-state index contributed by atoms with van der Waals surface area (Å²) in [4.78, 5) is 16.2. The van der Waals surface area contributed by atoms with Crippen LogP contribution in [-0.2, 0) is 13.1 Å².